The van der Waals surface area contributed by atoms with Crippen molar-refractivity contribution in [2.24, 2.45) is 10.2 Å². The van der Waals surface area contributed by atoms with Gasteiger partial charge in [-0.15, -0.1) is 16.5 Å². The number of carbonyl (C=O) groups is 1. The molecule has 2 aliphatic heterocycles. The van der Waals surface area contributed by atoms with Crippen LogP contribution in [0.2, 0.25) is 0 Å². The van der Waals surface area contributed by atoms with E-state index in [0.29, 0.717) is 18.1 Å². The number of piperazine rings is 1. The second kappa shape index (κ2) is 8.20. The molecule has 9 heteroatoms. The summed E-state index contributed by atoms with van der Waals surface area (Å²) in [4.78, 5) is 27.0. The second-order valence-electron chi connectivity index (χ2n) is 6.66. The molecule has 0 aliphatic carbocycles. The highest BCUT2D eigenvalue weighted by atomic mass is 32.1. The highest BCUT2D eigenvalue weighted by Crippen LogP contribution is 2.33. The third kappa shape index (κ3) is 4.20. The number of nitrogens with zero attached hydrogens (tertiary/aromatic N) is 6. The molecule has 0 radical (unpaired) electrons. The van der Waals surface area contributed by atoms with Gasteiger partial charge >= 0.3 is 0 Å². The van der Waals surface area contributed by atoms with Crippen LogP contribution in [0.15, 0.2) is 33.9 Å². The molecule has 2 aliphatic rings. The Morgan fingerprint density at radius 3 is 2.85 bits per heavy atom. The molecular weight excluding hydrogens is 362 g/mol. The fourth-order valence-electron chi connectivity index (χ4n) is 3.27. The van der Waals surface area contributed by atoms with Crippen molar-refractivity contribution in [3.8, 4) is 10.7 Å². The van der Waals surface area contributed by atoms with E-state index in [4.69, 9.17) is 0 Å². The van der Waals surface area contributed by atoms with E-state index < -0.39 is 6.17 Å². The van der Waals surface area contributed by atoms with E-state index in [2.05, 4.69) is 42.2 Å². The minimum Gasteiger partial charge on any atom is -0.329 e. The normalized spacial score (nSPS) is 20.0. The zero-order valence-electron chi connectivity index (χ0n) is 15.3. The van der Waals surface area contributed by atoms with Gasteiger partial charge in [-0.2, -0.15) is 5.11 Å². The van der Waals surface area contributed by atoms with Crippen LogP contribution in [0.4, 0.5) is 5.82 Å². The number of azo groups is 1. The van der Waals surface area contributed by atoms with Gasteiger partial charge in [-0.05, 0) is 18.0 Å². The summed E-state index contributed by atoms with van der Waals surface area (Å²) in [6.07, 6.45) is 1.69. The van der Waals surface area contributed by atoms with Crippen LogP contribution in [0.3, 0.4) is 0 Å². The molecule has 4 rings (SSSR count). The van der Waals surface area contributed by atoms with Gasteiger partial charge in [0, 0.05) is 45.3 Å². The highest BCUT2D eigenvalue weighted by Gasteiger charge is 2.25. The van der Waals surface area contributed by atoms with Crippen LogP contribution in [-0.2, 0) is 4.79 Å². The Bertz CT molecular complexity index is 815. The van der Waals surface area contributed by atoms with Gasteiger partial charge in [0.05, 0.1) is 10.4 Å². The van der Waals surface area contributed by atoms with Gasteiger partial charge in [0.15, 0.2) is 17.8 Å². The van der Waals surface area contributed by atoms with Gasteiger partial charge in [-0.25, -0.2) is 9.97 Å². The Balaban J connectivity index is 1.30. The van der Waals surface area contributed by atoms with Crippen molar-refractivity contribution in [3.05, 3.63) is 29.3 Å². The van der Waals surface area contributed by atoms with Crippen LogP contribution < -0.4 is 5.32 Å². The molecular formula is C18H23N7OS. The van der Waals surface area contributed by atoms with Crippen LogP contribution in [0.1, 0.15) is 25.1 Å². The first-order valence-electron chi connectivity index (χ1n) is 9.28. The third-order valence-electron chi connectivity index (χ3n) is 4.96. The Morgan fingerprint density at radius 2 is 2.11 bits per heavy atom. The molecule has 1 saturated heterocycles. The third-order valence-corrected chi connectivity index (χ3v) is 5.83. The highest BCUT2D eigenvalue weighted by molar-refractivity contribution is 7.13. The number of carbonyl (C=O) groups excluding carboxylic acids is 1. The first-order chi connectivity index (χ1) is 13.2. The standard InChI is InChI=1S/C18H23N7OS/c1-2-24-7-9-25(10-8-24)6-5-15(26)20-16-13-12-19-18(14-4-3-11-27-14)21-17(13)23-22-16/h3-4,11-12,16H,2,5-10H2,1H3,(H,20,26). The lowest BCUT2D eigenvalue weighted by atomic mass is 10.2. The Morgan fingerprint density at radius 1 is 1.30 bits per heavy atom. The molecule has 1 amide bonds. The van der Waals surface area contributed by atoms with E-state index in [-0.39, 0.29) is 5.91 Å². The molecule has 0 saturated carbocycles. The number of fused-ring (bicyclic) bond motifs is 1. The van der Waals surface area contributed by atoms with E-state index >= 15 is 0 Å². The molecule has 2 aromatic rings. The number of thiophene rings is 1. The zero-order chi connectivity index (χ0) is 18.6. The van der Waals surface area contributed by atoms with E-state index in [0.717, 1.165) is 49.7 Å². The minimum atomic E-state index is -0.484. The number of amides is 1. The first-order valence-corrected chi connectivity index (χ1v) is 10.2. The maximum absolute atomic E-state index is 12.3. The maximum atomic E-state index is 12.3. The molecule has 0 bridgehead atoms. The fraction of sp³-hybridized carbons (Fsp3) is 0.500. The quantitative estimate of drug-likeness (QED) is 0.825. The van der Waals surface area contributed by atoms with Gasteiger partial charge < -0.3 is 15.1 Å². The smallest absolute Gasteiger partial charge is 0.223 e. The number of likely N-dealkylation sites (N-methyl/N-ethyl adjacent to an activating group) is 1. The number of hydrogen-bond donors (Lipinski definition) is 1. The summed E-state index contributed by atoms with van der Waals surface area (Å²) >= 11 is 1.58. The van der Waals surface area contributed by atoms with Crippen molar-refractivity contribution < 1.29 is 4.79 Å². The Hall–Kier alpha value is -2.23. The summed E-state index contributed by atoms with van der Waals surface area (Å²) in [5.74, 6) is 1.15. The average Bonchev–Trinajstić information content (AvgIpc) is 3.37. The van der Waals surface area contributed by atoms with Crippen LogP contribution in [0.25, 0.3) is 10.7 Å². The average molecular weight is 385 g/mol. The second-order valence-corrected chi connectivity index (χ2v) is 7.61. The molecule has 27 heavy (non-hydrogen) atoms. The monoisotopic (exact) mass is 385 g/mol. The van der Waals surface area contributed by atoms with Crippen LogP contribution in [0.5, 0.6) is 0 Å². The molecule has 142 valence electrons. The zero-order valence-corrected chi connectivity index (χ0v) is 16.2. The molecule has 1 fully saturated rings. The minimum absolute atomic E-state index is 0.0212. The lowest BCUT2D eigenvalue weighted by Gasteiger charge is -2.33. The van der Waals surface area contributed by atoms with Crippen LogP contribution >= 0.6 is 11.3 Å². The summed E-state index contributed by atoms with van der Waals surface area (Å²) in [5.41, 5.74) is 0.750. The molecule has 8 nitrogen and oxygen atoms in total. The summed E-state index contributed by atoms with van der Waals surface area (Å²) < 4.78 is 0. The van der Waals surface area contributed by atoms with Gasteiger partial charge in [0.25, 0.3) is 0 Å². The molecule has 4 heterocycles. The molecule has 1 unspecified atom stereocenters. The summed E-state index contributed by atoms with van der Waals surface area (Å²) in [7, 11) is 0. The first kappa shape index (κ1) is 18.1. The number of aromatic nitrogens is 2. The Labute approximate surface area is 162 Å². The molecule has 2 aromatic heterocycles. The van der Waals surface area contributed by atoms with Crippen molar-refractivity contribution in [2.75, 3.05) is 39.3 Å². The van der Waals surface area contributed by atoms with E-state index in [1.54, 1.807) is 17.5 Å². The topological polar surface area (TPSA) is 86.1 Å². The SMILES string of the molecule is CCN1CCN(CCC(=O)NC2N=Nc3nc(-c4cccs4)ncc32)CC1. The van der Waals surface area contributed by atoms with E-state index in [9.17, 15) is 4.79 Å². The van der Waals surface area contributed by atoms with Crippen molar-refractivity contribution in [3.63, 3.8) is 0 Å². The van der Waals surface area contributed by atoms with Crippen molar-refractivity contribution in [2.45, 2.75) is 19.5 Å². The number of rotatable bonds is 6. The van der Waals surface area contributed by atoms with E-state index in [1.165, 1.54) is 0 Å². The van der Waals surface area contributed by atoms with Gasteiger partial charge in [-0.1, -0.05) is 13.0 Å². The summed E-state index contributed by atoms with van der Waals surface area (Å²) in [5, 5.41) is 13.2. The lowest BCUT2D eigenvalue weighted by Crippen LogP contribution is -2.47. The molecule has 1 N–H and O–H groups in total. The largest absolute Gasteiger partial charge is 0.329 e. The maximum Gasteiger partial charge on any atom is 0.223 e. The van der Waals surface area contributed by atoms with Gasteiger partial charge in [0.2, 0.25) is 5.91 Å². The van der Waals surface area contributed by atoms with Gasteiger partial charge in [-0.3, -0.25) is 4.79 Å². The number of hydrogen-bond acceptors (Lipinski definition) is 8. The van der Waals surface area contributed by atoms with Crippen molar-refractivity contribution >= 4 is 23.1 Å². The molecule has 0 spiro atoms. The van der Waals surface area contributed by atoms with E-state index in [1.807, 2.05) is 17.5 Å². The predicted molar refractivity (Wildman–Crippen MR) is 104 cm³/mol. The van der Waals surface area contributed by atoms with Crippen LogP contribution in [0, 0.1) is 0 Å². The number of nitrogens with one attached hydrogen (secondary N) is 1. The Kier molecular flexibility index (Phi) is 5.51. The van der Waals surface area contributed by atoms with Crippen LogP contribution in [-0.4, -0.2) is 64.9 Å². The summed E-state index contributed by atoms with van der Waals surface area (Å²) in [6.45, 7) is 8.24. The summed E-state index contributed by atoms with van der Waals surface area (Å²) in [6, 6.07) is 3.93. The molecule has 1 atom stereocenters. The molecule has 0 aromatic carbocycles. The van der Waals surface area contributed by atoms with Crippen molar-refractivity contribution in [1.29, 1.82) is 0 Å². The predicted octanol–water partition coefficient (Wildman–Crippen LogP) is 2.44. The van der Waals surface area contributed by atoms with Gasteiger partial charge in [0.1, 0.15) is 0 Å². The fourth-order valence-corrected chi connectivity index (χ4v) is 3.94. The lowest BCUT2D eigenvalue weighted by molar-refractivity contribution is -0.122. The van der Waals surface area contributed by atoms with Crippen molar-refractivity contribution in [1.82, 2.24) is 25.1 Å².